The largest absolute Gasteiger partial charge is 0.362 e. The van der Waals surface area contributed by atoms with Crippen molar-refractivity contribution in [3.05, 3.63) is 101 Å². The van der Waals surface area contributed by atoms with E-state index in [0.29, 0.717) is 11.8 Å². The van der Waals surface area contributed by atoms with Gasteiger partial charge in [-0.3, -0.25) is 0 Å². The fourth-order valence-electron chi connectivity index (χ4n) is 5.08. The van der Waals surface area contributed by atoms with Gasteiger partial charge in [0.05, 0.1) is 10.7 Å². The van der Waals surface area contributed by atoms with Crippen molar-refractivity contribution in [1.29, 1.82) is 0 Å². The first-order valence-corrected chi connectivity index (χ1v) is 11.7. The molecular formula is C28H32ClNO2. The first kappa shape index (κ1) is 22.8. The zero-order valence-electron chi connectivity index (χ0n) is 19.1. The van der Waals surface area contributed by atoms with Crippen molar-refractivity contribution < 1.29 is 9.47 Å². The Labute approximate surface area is 196 Å². The molecule has 1 saturated carbocycles. The van der Waals surface area contributed by atoms with Crippen LogP contribution in [-0.4, -0.2) is 20.0 Å². The standard InChI is InChI=1S/C28H32ClNO2/c1-4-25-24(18-28(25,31-2)32-3)23-15-16-26(29)27(17-23)30(19-21-11-7-5-8-12-21)20-22-13-9-6-10-14-22/h5-17,24-25H,4,18-20H2,1-3H3. The molecule has 3 nitrogen and oxygen atoms in total. The number of hydrogen-bond acceptors (Lipinski definition) is 3. The summed E-state index contributed by atoms with van der Waals surface area (Å²) in [5.41, 5.74) is 4.89. The van der Waals surface area contributed by atoms with Crippen LogP contribution in [0.15, 0.2) is 78.9 Å². The molecule has 0 radical (unpaired) electrons. The van der Waals surface area contributed by atoms with Crippen LogP contribution in [0.2, 0.25) is 5.02 Å². The summed E-state index contributed by atoms with van der Waals surface area (Å²) in [5, 5.41) is 0.776. The van der Waals surface area contributed by atoms with E-state index in [9.17, 15) is 0 Å². The van der Waals surface area contributed by atoms with Gasteiger partial charge in [-0.05, 0) is 41.2 Å². The monoisotopic (exact) mass is 449 g/mol. The first-order valence-electron chi connectivity index (χ1n) is 11.3. The minimum absolute atomic E-state index is 0.322. The van der Waals surface area contributed by atoms with Gasteiger partial charge in [-0.25, -0.2) is 0 Å². The van der Waals surface area contributed by atoms with Crippen LogP contribution in [0.3, 0.4) is 0 Å². The van der Waals surface area contributed by atoms with Gasteiger partial charge in [-0.15, -0.1) is 0 Å². The predicted molar refractivity (Wildman–Crippen MR) is 132 cm³/mol. The molecule has 0 aromatic heterocycles. The molecule has 0 N–H and O–H groups in total. The van der Waals surface area contributed by atoms with Crippen molar-refractivity contribution in [3.8, 4) is 0 Å². The Morgan fingerprint density at radius 1 is 0.875 bits per heavy atom. The maximum absolute atomic E-state index is 6.78. The maximum atomic E-state index is 6.78. The summed E-state index contributed by atoms with van der Waals surface area (Å²) < 4.78 is 11.6. The lowest BCUT2D eigenvalue weighted by molar-refractivity contribution is -0.296. The Morgan fingerprint density at radius 3 is 1.94 bits per heavy atom. The molecule has 0 heterocycles. The second-order valence-electron chi connectivity index (χ2n) is 8.58. The first-order chi connectivity index (χ1) is 15.6. The summed E-state index contributed by atoms with van der Waals surface area (Å²) in [6.07, 6.45) is 1.86. The van der Waals surface area contributed by atoms with Gasteiger partial charge >= 0.3 is 0 Å². The number of anilines is 1. The third-order valence-corrected chi connectivity index (χ3v) is 7.18. The molecule has 0 amide bonds. The maximum Gasteiger partial charge on any atom is 0.171 e. The van der Waals surface area contributed by atoms with Crippen molar-refractivity contribution in [2.24, 2.45) is 5.92 Å². The number of hydrogen-bond donors (Lipinski definition) is 0. The summed E-state index contributed by atoms with van der Waals surface area (Å²) in [6.45, 7) is 3.79. The topological polar surface area (TPSA) is 21.7 Å². The van der Waals surface area contributed by atoms with Gasteiger partial charge in [0.25, 0.3) is 0 Å². The van der Waals surface area contributed by atoms with Crippen LogP contribution in [0.5, 0.6) is 0 Å². The number of nitrogens with zero attached hydrogens (tertiary/aromatic N) is 1. The molecule has 32 heavy (non-hydrogen) atoms. The molecule has 1 aliphatic carbocycles. The minimum Gasteiger partial charge on any atom is -0.362 e. The van der Waals surface area contributed by atoms with E-state index in [0.717, 1.165) is 36.6 Å². The van der Waals surface area contributed by atoms with Crippen LogP contribution in [-0.2, 0) is 22.6 Å². The van der Waals surface area contributed by atoms with Crippen molar-refractivity contribution in [1.82, 2.24) is 0 Å². The van der Waals surface area contributed by atoms with Crippen molar-refractivity contribution in [2.75, 3.05) is 19.1 Å². The van der Waals surface area contributed by atoms with Crippen LogP contribution >= 0.6 is 11.6 Å². The highest BCUT2D eigenvalue weighted by molar-refractivity contribution is 6.33. The van der Waals surface area contributed by atoms with Crippen LogP contribution in [0.1, 0.15) is 42.4 Å². The molecule has 0 aliphatic heterocycles. The Hall–Kier alpha value is -2.33. The molecular weight excluding hydrogens is 418 g/mol. The van der Waals surface area contributed by atoms with E-state index in [1.165, 1.54) is 16.7 Å². The van der Waals surface area contributed by atoms with E-state index < -0.39 is 5.79 Å². The number of methoxy groups -OCH3 is 2. The summed E-state index contributed by atoms with van der Waals surface area (Å²) in [5.74, 6) is 0.238. The van der Waals surface area contributed by atoms with Gasteiger partial charge in [0.2, 0.25) is 0 Å². The molecule has 3 aromatic rings. The van der Waals surface area contributed by atoms with E-state index in [1.54, 1.807) is 14.2 Å². The average Bonchev–Trinajstić information content (AvgIpc) is 2.81. The molecule has 168 valence electrons. The fraction of sp³-hybridized carbons (Fsp3) is 0.357. The van der Waals surface area contributed by atoms with Crippen LogP contribution in [0, 0.1) is 5.92 Å². The zero-order chi connectivity index (χ0) is 22.6. The van der Waals surface area contributed by atoms with E-state index in [-0.39, 0.29) is 0 Å². The Bertz CT molecular complexity index is 963. The van der Waals surface area contributed by atoms with Gasteiger partial charge < -0.3 is 14.4 Å². The molecule has 2 atom stereocenters. The number of rotatable bonds is 9. The molecule has 2 unspecified atom stereocenters. The highest BCUT2D eigenvalue weighted by Gasteiger charge is 2.54. The lowest BCUT2D eigenvalue weighted by atomic mass is 9.63. The molecule has 0 bridgehead atoms. The normalized spacial score (nSPS) is 19.4. The molecule has 3 aromatic carbocycles. The van der Waals surface area contributed by atoms with E-state index in [2.05, 4.69) is 84.6 Å². The molecule has 0 saturated heterocycles. The summed E-state index contributed by atoms with van der Waals surface area (Å²) in [7, 11) is 3.49. The summed E-state index contributed by atoms with van der Waals surface area (Å²) >= 11 is 6.78. The molecule has 1 fully saturated rings. The SMILES string of the molecule is CCC1C(c2ccc(Cl)c(N(Cc3ccccc3)Cc3ccccc3)c2)CC1(OC)OC. The van der Waals surface area contributed by atoms with Gasteiger partial charge in [0, 0.05) is 39.6 Å². The number of halogens is 1. The van der Waals surface area contributed by atoms with Crippen molar-refractivity contribution >= 4 is 17.3 Å². The summed E-state index contributed by atoms with van der Waals surface area (Å²) in [6, 6.07) is 27.6. The zero-order valence-corrected chi connectivity index (χ0v) is 19.9. The minimum atomic E-state index is -0.479. The lowest BCUT2D eigenvalue weighted by Gasteiger charge is -2.53. The second-order valence-corrected chi connectivity index (χ2v) is 8.99. The molecule has 0 spiro atoms. The van der Waals surface area contributed by atoms with Crippen molar-refractivity contribution in [3.63, 3.8) is 0 Å². The van der Waals surface area contributed by atoms with E-state index >= 15 is 0 Å². The highest BCUT2D eigenvalue weighted by Crippen LogP contribution is 2.54. The molecule has 4 rings (SSSR count). The highest BCUT2D eigenvalue weighted by atomic mass is 35.5. The quantitative estimate of drug-likeness (QED) is 0.327. The van der Waals surface area contributed by atoms with Gasteiger partial charge in [-0.2, -0.15) is 0 Å². The van der Waals surface area contributed by atoms with E-state index in [4.69, 9.17) is 21.1 Å². The number of ether oxygens (including phenoxy) is 2. The van der Waals surface area contributed by atoms with Crippen LogP contribution in [0.4, 0.5) is 5.69 Å². The van der Waals surface area contributed by atoms with Crippen LogP contribution in [0.25, 0.3) is 0 Å². The third-order valence-electron chi connectivity index (χ3n) is 6.86. The van der Waals surface area contributed by atoms with Gasteiger partial charge in [0.1, 0.15) is 0 Å². The van der Waals surface area contributed by atoms with E-state index in [1.807, 2.05) is 6.07 Å². The Morgan fingerprint density at radius 2 is 1.44 bits per heavy atom. The molecule has 4 heteroatoms. The predicted octanol–water partition coefficient (Wildman–Crippen LogP) is 7.05. The Kier molecular flexibility index (Phi) is 7.20. The fourth-order valence-corrected chi connectivity index (χ4v) is 5.32. The van der Waals surface area contributed by atoms with Crippen LogP contribution < -0.4 is 4.90 Å². The Balaban J connectivity index is 1.66. The average molecular weight is 450 g/mol. The van der Waals surface area contributed by atoms with Gasteiger partial charge in [-0.1, -0.05) is 85.3 Å². The molecule has 1 aliphatic rings. The smallest absolute Gasteiger partial charge is 0.171 e. The third kappa shape index (κ3) is 4.56. The van der Waals surface area contributed by atoms with Crippen molar-refractivity contribution in [2.45, 2.75) is 44.6 Å². The second kappa shape index (κ2) is 10.1. The number of benzene rings is 3. The lowest BCUT2D eigenvalue weighted by Crippen LogP contribution is -2.55. The summed E-state index contributed by atoms with van der Waals surface area (Å²) in [4.78, 5) is 2.37. The van der Waals surface area contributed by atoms with Gasteiger partial charge in [0.15, 0.2) is 5.79 Å².